The van der Waals surface area contributed by atoms with E-state index >= 15 is 0 Å². The predicted octanol–water partition coefficient (Wildman–Crippen LogP) is 2.57. The first-order valence-electron chi connectivity index (χ1n) is 7.94. The number of aldehydes is 1. The van der Waals surface area contributed by atoms with Crippen molar-refractivity contribution in [2.75, 3.05) is 13.7 Å². The molecule has 3 atom stereocenters. The Morgan fingerprint density at radius 3 is 2.40 bits per heavy atom. The third kappa shape index (κ3) is 4.83. The standard InChI is InChI=1S/C13H15F2NO2.C5H10O2/c1-8-10(6-17)13(16-2,7-18-8)9-4-3-5-11(14)12(9)15;1-5(2,3)7-4-6/h3-6,8,10,16H,7H2,1-2H3;4H,1-3H3/t8?,10-,13?;/m1./s1. The van der Waals surface area contributed by atoms with Gasteiger partial charge in [0.05, 0.1) is 24.2 Å². The van der Waals surface area contributed by atoms with Crippen molar-refractivity contribution >= 4 is 12.8 Å². The lowest BCUT2D eigenvalue weighted by atomic mass is 9.78. The van der Waals surface area contributed by atoms with E-state index in [9.17, 15) is 18.4 Å². The fourth-order valence-corrected chi connectivity index (χ4v) is 2.71. The topological polar surface area (TPSA) is 64.6 Å². The second-order valence-corrected chi connectivity index (χ2v) is 6.83. The Labute approximate surface area is 146 Å². The van der Waals surface area contributed by atoms with E-state index in [1.165, 1.54) is 12.1 Å². The fourth-order valence-electron chi connectivity index (χ4n) is 2.71. The molecule has 1 saturated heterocycles. The largest absolute Gasteiger partial charge is 0.462 e. The Bertz CT molecular complexity index is 603. The predicted molar refractivity (Wildman–Crippen MR) is 89.0 cm³/mol. The molecule has 1 aromatic carbocycles. The number of rotatable bonds is 4. The molecular formula is C18H25F2NO4. The van der Waals surface area contributed by atoms with Gasteiger partial charge in [-0.1, -0.05) is 12.1 Å². The maximum atomic E-state index is 13.9. The average Bonchev–Trinajstić information content (AvgIpc) is 2.86. The summed E-state index contributed by atoms with van der Waals surface area (Å²) >= 11 is 0. The molecule has 7 heteroatoms. The lowest BCUT2D eigenvalue weighted by Gasteiger charge is -2.32. The van der Waals surface area contributed by atoms with Crippen LogP contribution >= 0.6 is 0 Å². The molecule has 1 aliphatic rings. The van der Waals surface area contributed by atoms with Gasteiger partial charge in [0.1, 0.15) is 11.9 Å². The van der Waals surface area contributed by atoms with E-state index in [0.29, 0.717) is 6.47 Å². The summed E-state index contributed by atoms with van der Waals surface area (Å²) in [5.74, 6) is -2.42. The molecule has 1 N–H and O–H groups in total. The van der Waals surface area contributed by atoms with Crippen molar-refractivity contribution in [3.05, 3.63) is 35.4 Å². The van der Waals surface area contributed by atoms with E-state index in [-0.39, 0.29) is 23.9 Å². The monoisotopic (exact) mass is 357 g/mol. The maximum Gasteiger partial charge on any atom is 0.293 e. The van der Waals surface area contributed by atoms with Gasteiger partial charge in [0, 0.05) is 5.56 Å². The lowest BCUT2D eigenvalue weighted by Crippen LogP contribution is -2.48. The van der Waals surface area contributed by atoms with Crippen molar-refractivity contribution in [2.45, 2.75) is 44.9 Å². The number of hydrogen-bond donors (Lipinski definition) is 1. The van der Waals surface area contributed by atoms with Crippen molar-refractivity contribution in [3.63, 3.8) is 0 Å². The van der Waals surface area contributed by atoms with Crippen LogP contribution in [0.3, 0.4) is 0 Å². The number of halogens is 2. The minimum Gasteiger partial charge on any atom is -0.462 e. The quantitative estimate of drug-likeness (QED) is 0.839. The Balaban J connectivity index is 0.000000381. The molecular weight excluding hydrogens is 332 g/mol. The van der Waals surface area contributed by atoms with Crippen LogP contribution in [0.15, 0.2) is 18.2 Å². The highest BCUT2D eigenvalue weighted by Crippen LogP contribution is 2.39. The number of carbonyl (C=O) groups is 2. The van der Waals surface area contributed by atoms with Crippen LogP contribution in [0, 0.1) is 17.6 Å². The maximum absolute atomic E-state index is 13.9. The summed E-state index contributed by atoms with van der Waals surface area (Å²) in [5, 5.41) is 2.93. The van der Waals surface area contributed by atoms with E-state index in [4.69, 9.17) is 4.74 Å². The van der Waals surface area contributed by atoms with Crippen LogP contribution in [0.2, 0.25) is 0 Å². The van der Waals surface area contributed by atoms with Gasteiger partial charge in [-0.15, -0.1) is 0 Å². The molecule has 140 valence electrons. The normalized spacial score (nSPS) is 25.7. The first-order chi connectivity index (χ1) is 11.6. The number of carbonyl (C=O) groups excluding carboxylic acids is 2. The van der Waals surface area contributed by atoms with Gasteiger partial charge >= 0.3 is 0 Å². The van der Waals surface area contributed by atoms with Crippen LogP contribution in [0.25, 0.3) is 0 Å². The van der Waals surface area contributed by atoms with Crippen molar-refractivity contribution in [3.8, 4) is 0 Å². The highest BCUT2D eigenvalue weighted by molar-refractivity contribution is 5.59. The minimum absolute atomic E-state index is 0.131. The average molecular weight is 357 g/mol. The zero-order chi connectivity index (χ0) is 19.3. The van der Waals surface area contributed by atoms with Gasteiger partial charge in [-0.05, 0) is 40.8 Å². The molecule has 0 amide bonds. The number of ether oxygens (including phenoxy) is 2. The zero-order valence-electron chi connectivity index (χ0n) is 15.1. The highest BCUT2D eigenvalue weighted by atomic mass is 19.2. The van der Waals surface area contributed by atoms with Crippen molar-refractivity contribution < 1.29 is 27.8 Å². The Kier molecular flexibility index (Phi) is 7.19. The first-order valence-corrected chi connectivity index (χ1v) is 7.94. The summed E-state index contributed by atoms with van der Waals surface area (Å²) in [6.07, 6.45) is 0.399. The molecule has 0 spiro atoms. The Morgan fingerprint density at radius 2 is 1.96 bits per heavy atom. The second-order valence-electron chi connectivity index (χ2n) is 6.83. The van der Waals surface area contributed by atoms with Crippen molar-refractivity contribution in [1.29, 1.82) is 0 Å². The fraction of sp³-hybridized carbons (Fsp3) is 0.556. The molecule has 1 fully saturated rings. The first kappa shape index (κ1) is 21.2. The van der Waals surface area contributed by atoms with Crippen LogP contribution in [0.5, 0.6) is 0 Å². The van der Waals surface area contributed by atoms with Crippen LogP contribution in [0.1, 0.15) is 33.3 Å². The Morgan fingerprint density at radius 1 is 1.32 bits per heavy atom. The molecule has 0 radical (unpaired) electrons. The molecule has 0 saturated carbocycles. The molecule has 0 bridgehead atoms. The van der Waals surface area contributed by atoms with Gasteiger partial charge in [0.2, 0.25) is 0 Å². The van der Waals surface area contributed by atoms with E-state index in [0.717, 1.165) is 12.4 Å². The summed E-state index contributed by atoms with van der Waals surface area (Å²) in [6.45, 7) is 7.80. The van der Waals surface area contributed by atoms with Gasteiger partial charge in [0.15, 0.2) is 11.6 Å². The van der Waals surface area contributed by atoms with Crippen LogP contribution < -0.4 is 5.32 Å². The molecule has 1 heterocycles. The molecule has 2 unspecified atom stereocenters. The molecule has 0 aromatic heterocycles. The summed E-state index contributed by atoms with van der Waals surface area (Å²) in [5.41, 5.74) is -1.19. The SMILES string of the molecule is CC(C)(C)OC=O.CNC1(c2cccc(F)c2F)COC(C)[C@H]1C=O. The minimum atomic E-state index is -1.01. The van der Waals surface area contributed by atoms with Gasteiger partial charge < -0.3 is 19.6 Å². The molecule has 1 aliphatic heterocycles. The summed E-state index contributed by atoms with van der Waals surface area (Å²) < 4.78 is 37.2. The van der Waals surface area contributed by atoms with Crippen LogP contribution in [0.4, 0.5) is 8.78 Å². The number of likely N-dealkylation sites (N-methyl/N-ethyl adjacent to an activating group) is 1. The molecule has 2 rings (SSSR count). The third-order valence-electron chi connectivity index (χ3n) is 4.08. The van der Waals surface area contributed by atoms with Crippen LogP contribution in [-0.4, -0.2) is 38.1 Å². The van der Waals surface area contributed by atoms with E-state index in [1.807, 2.05) is 20.8 Å². The lowest BCUT2D eigenvalue weighted by molar-refractivity contribution is -0.138. The summed E-state index contributed by atoms with van der Waals surface area (Å²) in [7, 11) is 1.61. The van der Waals surface area contributed by atoms with E-state index in [2.05, 4.69) is 10.1 Å². The summed E-state index contributed by atoms with van der Waals surface area (Å²) in [4.78, 5) is 20.8. The van der Waals surface area contributed by atoms with Gasteiger partial charge in [0.25, 0.3) is 6.47 Å². The van der Waals surface area contributed by atoms with Crippen LogP contribution in [-0.2, 0) is 24.6 Å². The highest BCUT2D eigenvalue weighted by Gasteiger charge is 2.50. The van der Waals surface area contributed by atoms with Gasteiger partial charge in [-0.3, -0.25) is 4.79 Å². The van der Waals surface area contributed by atoms with E-state index in [1.54, 1.807) is 14.0 Å². The Hall–Kier alpha value is -1.86. The smallest absolute Gasteiger partial charge is 0.293 e. The third-order valence-corrected chi connectivity index (χ3v) is 4.08. The summed E-state index contributed by atoms with van der Waals surface area (Å²) in [6, 6.07) is 3.96. The van der Waals surface area contributed by atoms with Gasteiger partial charge in [-0.25, -0.2) is 8.78 Å². The van der Waals surface area contributed by atoms with E-state index < -0.39 is 23.1 Å². The zero-order valence-corrected chi connectivity index (χ0v) is 15.1. The molecule has 5 nitrogen and oxygen atoms in total. The second kappa shape index (κ2) is 8.49. The molecule has 25 heavy (non-hydrogen) atoms. The molecule has 0 aliphatic carbocycles. The van der Waals surface area contributed by atoms with Gasteiger partial charge in [-0.2, -0.15) is 0 Å². The molecule has 1 aromatic rings. The number of hydrogen-bond acceptors (Lipinski definition) is 5. The van der Waals surface area contributed by atoms with Crippen molar-refractivity contribution in [1.82, 2.24) is 5.32 Å². The van der Waals surface area contributed by atoms with Crippen molar-refractivity contribution in [2.24, 2.45) is 5.92 Å². The number of benzene rings is 1. The number of nitrogens with one attached hydrogen (secondary N) is 1.